The summed E-state index contributed by atoms with van der Waals surface area (Å²) in [5.74, 6) is 0.899. The maximum Gasteiger partial charge on any atom is 0.225 e. The van der Waals surface area contributed by atoms with Crippen LogP contribution in [-0.2, 0) is 25.8 Å². The first-order chi connectivity index (χ1) is 15.2. The predicted molar refractivity (Wildman–Crippen MR) is 122 cm³/mol. The smallest absolute Gasteiger partial charge is 0.225 e. The highest BCUT2D eigenvalue weighted by Crippen LogP contribution is 2.22. The van der Waals surface area contributed by atoms with E-state index in [1.165, 1.54) is 16.8 Å². The third kappa shape index (κ3) is 4.38. The lowest BCUT2D eigenvalue weighted by atomic mass is 10.00. The van der Waals surface area contributed by atoms with Crippen molar-refractivity contribution in [2.24, 2.45) is 0 Å². The van der Waals surface area contributed by atoms with Crippen molar-refractivity contribution in [3.8, 4) is 0 Å². The molecular weight excluding hydrogens is 386 g/mol. The SMILES string of the molecule is CC(C1=C/Cc2nccnc2C/C=C\1)N1CCN(c2ncc3c(n2)CCN(C)C3)CC1. The zero-order valence-corrected chi connectivity index (χ0v) is 18.5. The summed E-state index contributed by atoms with van der Waals surface area (Å²) in [7, 11) is 2.16. The van der Waals surface area contributed by atoms with E-state index in [-0.39, 0.29) is 0 Å². The fourth-order valence-electron chi connectivity index (χ4n) is 4.75. The Morgan fingerprint density at radius 1 is 0.903 bits per heavy atom. The monoisotopic (exact) mass is 417 g/mol. The summed E-state index contributed by atoms with van der Waals surface area (Å²) in [6.07, 6.45) is 15.2. The largest absolute Gasteiger partial charge is 0.338 e. The summed E-state index contributed by atoms with van der Waals surface area (Å²) in [6.45, 7) is 8.32. The van der Waals surface area contributed by atoms with Gasteiger partial charge in [-0.2, -0.15) is 0 Å². The fourth-order valence-corrected chi connectivity index (χ4v) is 4.75. The van der Waals surface area contributed by atoms with Gasteiger partial charge in [-0.25, -0.2) is 9.97 Å². The molecule has 2 aromatic heterocycles. The lowest BCUT2D eigenvalue weighted by Crippen LogP contribution is -2.50. The average Bonchev–Trinajstić information content (AvgIpc) is 2.79. The lowest BCUT2D eigenvalue weighted by Gasteiger charge is -2.39. The van der Waals surface area contributed by atoms with Crippen LogP contribution in [0.15, 0.2) is 42.4 Å². The van der Waals surface area contributed by atoms with Crippen molar-refractivity contribution in [1.29, 1.82) is 0 Å². The number of hydrogen-bond donors (Lipinski definition) is 0. The quantitative estimate of drug-likeness (QED) is 0.757. The molecule has 0 amide bonds. The summed E-state index contributed by atoms with van der Waals surface area (Å²) in [6, 6.07) is 0.386. The molecule has 31 heavy (non-hydrogen) atoms. The molecule has 2 aromatic rings. The van der Waals surface area contributed by atoms with E-state index >= 15 is 0 Å². The van der Waals surface area contributed by atoms with Gasteiger partial charge >= 0.3 is 0 Å². The molecule has 4 heterocycles. The number of allylic oxidation sites excluding steroid dienone is 2. The molecule has 1 unspecified atom stereocenters. The van der Waals surface area contributed by atoms with Crippen molar-refractivity contribution >= 4 is 5.95 Å². The van der Waals surface area contributed by atoms with E-state index in [4.69, 9.17) is 4.98 Å². The third-order valence-corrected chi connectivity index (χ3v) is 6.75. The number of likely N-dealkylation sites (N-methyl/N-ethyl adjacent to an activating group) is 1. The molecule has 2 aliphatic heterocycles. The second kappa shape index (κ2) is 8.85. The normalized spacial score (nSPS) is 23.7. The predicted octanol–water partition coefficient (Wildman–Crippen LogP) is 2.05. The first-order valence-electron chi connectivity index (χ1n) is 11.3. The van der Waals surface area contributed by atoms with Crippen LogP contribution < -0.4 is 4.90 Å². The van der Waals surface area contributed by atoms with E-state index in [1.807, 2.05) is 6.20 Å². The molecule has 7 heteroatoms. The van der Waals surface area contributed by atoms with Crippen molar-refractivity contribution in [3.05, 3.63) is 65.0 Å². The second-order valence-electron chi connectivity index (χ2n) is 8.79. The molecule has 0 N–H and O–H groups in total. The Morgan fingerprint density at radius 3 is 2.48 bits per heavy atom. The van der Waals surface area contributed by atoms with Crippen LogP contribution in [0.2, 0.25) is 0 Å². The number of hydrogen-bond acceptors (Lipinski definition) is 7. The van der Waals surface area contributed by atoms with Crippen molar-refractivity contribution in [3.63, 3.8) is 0 Å². The summed E-state index contributed by atoms with van der Waals surface area (Å²) < 4.78 is 0. The summed E-state index contributed by atoms with van der Waals surface area (Å²) in [5, 5.41) is 0. The van der Waals surface area contributed by atoms with Crippen LogP contribution in [0.1, 0.15) is 29.6 Å². The van der Waals surface area contributed by atoms with E-state index in [2.05, 4.69) is 61.9 Å². The van der Waals surface area contributed by atoms with Crippen LogP contribution in [0, 0.1) is 0 Å². The Kier molecular flexibility index (Phi) is 5.78. The maximum absolute atomic E-state index is 4.91. The van der Waals surface area contributed by atoms with Gasteiger partial charge in [-0.3, -0.25) is 14.9 Å². The topological polar surface area (TPSA) is 61.3 Å². The van der Waals surface area contributed by atoms with Crippen molar-refractivity contribution in [2.45, 2.75) is 38.8 Å². The Balaban J connectivity index is 1.22. The van der Waals surface area contributed by atoms with Gasteiger partial charge in [-0.1, -0.05) is 18.2 Å². The van der Waals surface area contributed by atoms with Gasteiger partial charge in [0, 0.05) is 88.7 Å². The summed E-state index contributed by atoms with van der Waals surface area (Å²) >= 11 is 0. The molecule has 1 fully saturated rings. The highest BCUT2D eigenvalue weighted by Gasteiger charge is 2.25. The van der Waals surface area contributed by atoms with E-state index in [0.717, 1.165) is 75.9 Å². The Hall–Kier alpha value is -2.64. The number of aromatic nitrogens is 4. The minimum absolute atomic E-state index is 0.386. The molecule has 7 nitrogen and oxygen atoms in total. The van der Waals surface area contributed by atoms with Crippen LogP contribution in [0.5, 0.6) is 0 Å². The second-order valence-corrected chi connectivity index (χ2v) is 8.79. The van der Waals surface area contributed by atoms with E-state index in [1.54, 1.807) is 12.4 Å². The van der Waals surface area contributed by atoms with Crippen molar-refractivity contribution < 1.29 is 0 Å². The highest BCUT2D eigenvalue weighted by molar-refractivity contribution is 5.36. The molecular formula is C24H31N7. The van der Waals surface area contributed by atoms with Crippen LogP contribution in [0.3, 0.4) is 0 Å². The first-order valence-corrected chi connectivity index (χ1v) is 11.3. The zero-order valence-electron chi connectivity index (χ0n) is 18.5. The van der Waals surface area contributed by atoms with Crippen LogP contribution >= 0.6 is 0 Å². The van der Waals surface area contributed by atoms with Gasteiger partial charge in [0.2, 0.25) is 5.95 Å². The molecule has 1 aliphatic carbocycles. The fraction of sp³-hybridized carbons (Fsp3) is 0.500. The Morgan fingerprint density at radius 2 is 1.68 bits per heavy atom. The van der Waals surface area contributed by atoms with Crippen LogP contribution in [0.25, 0.3) is 0 Å². The van der Waals surface area contributed by atoms with Gasteiger partial charge in [0.1, 0.15) is 0 Å². The molecule has 0 bridgehead atoms. The molecule has 0 aromatic carbocycles. The average molecular weight is 418 g/mol. The number of anilines is 1. The highest BCUT2D eigenvalue weighted by atomic mass is 15.3. The molecule has 3 aliphatic rings. The summed E-state index contributed by atoms with van der Waals surface area (Å²) in [4.78, 5) is 25.8. The molecule has 1 saturated heterocycles. The number of rotatable bonds is 3. The van der Waals surface area contributed by atoms with E-state index in [0.29, 0.717) is 6.04 Å². The van der Waals surface area contributed by atoms with Crippen molar-refractivity contribution in [2.75, 3.05) is 44.7 Å². The minimum atomic E-state index is 0.386. The maximum atomic E-state index is 4.91. The lowest BCUT2D eigenvalue weighted by molar-refractivity contribution is 0.220. The standard InChI is InChI=1S/C24H31N7/c1-18(19-4-3-5-22-23(7-6-19)26-10-9-25-22)30-12-14-31(15-13-30)24-27-16-20-17-29(2)11-8-21(20)28-24/h3-4,6,9-10,16,18H,5,7-8,11-15,17H2,1-2H3/b4-3-,19-6+. The molecule has 0 radical (unpaired) electrons. The first kappa shape index (κ1) is 20.3. The molecule has 162 valence electrons. The van der Waals surface area contributed by atoms with Crippen LogP contribution in [0.4, 0.5) is 5.95 Å². The Bertz CT molecular complexity index is 991. The molecule has 0 spiro atoms. The third-order valence-electron chi connectivity index (χ3n) is 6.75. The van der Waals surface area contributed by atoms with Gasteiger partial charge in [-0.15, -0.1) is 0 Å². The van der Waals surface area contributed by atoms with Gasteiger partial charge in [0.05, 0.1) is 17.1 Å². The van der Waals surface area contributed by atoms with Gasteiger partial charge in [0.15, 0.2) is 0 Å². The number of fused-ring (bicyclic) bond motifs is 2. The Labute approximate surface area is 184 Å². The van der Waals surface area contributed by atoms with Crippen LogP contribution in [-0.4, -0.2) is 75.5 Å². The summed E-state index contributed by atoms with van der Waals surface area (Å²) in [5.41, 5.74) is 6.06. The van der Waals surface area contributed by atoms with Gasteiger partial charge in [0.25, 0.3) is 0 Å². The zero-order chi connectivity index (χ0) is 21.2. The molecule has 1 atom stereocenters. The number of nitrogens with zero attached hydrogens (tertiary/aromatic N) is 7. The van der Waals surface area contributed by atoms with E-state index in [9.17, 15) is 0 Å². The van der Waals surface area contributed by atoms with Gasteiger partial charge < -0.3 is 9.80 Å². The minimum Gasteiger partial charge on any atom is -0.338 e. The van der Waals surface area contributed by atoms with E-state index < -0.39 is 0 Å². The molecule has 0 saturated carbocycles. The molecule has 5 rings (SSSR count). The van der Waals surface area contributed by atoms with Crippen molar-refractivity contribution in [1.82, 2.24) is 29.7 Å². The van der Waals surface area contributed by atoms with Gasteiger partial charge in [-0.05, 0) is 19.5 Å². The number of piperazine rings is 1.